The molecule has 3 aromatic carbocycles. The average Bonchev–Trinajstić information content (AvgIpc) is 2.99. The summed E-state index contributed by atoms with van der Waals surface area (Å²) in [6.45, 7) is 3.50. The second-order valence-corrected chi connectivity index (χ2v) is 10.3. The number of ether oxygens (including phenoxy) is 3. The molecule has 0 aromatic heterocycles. The predicted octanol–water partition coefficient (Wildman–Crippen LogP) is 5.06. The number of rotatable bonds is 15. The number of aliphatic hydroxyl groups excluding tert-OH is 1. The standard InChI is InChI=1S/C33H41NO6/c1-2-3-19-34-28(20-30(36)37)31(38-22-25-13-7-4-8-14-25)33(40-24-27-17-11-6-12-18-27)32(29(34)21-35)39-23-26-15-9-5-10-16-26/h4-18,28-29,31-33,35H,2-3,19-24H2,1H3,(H,36,37)/t28-,29-,31+,32-,33-/m1/s1. The average molecular weight is 548 g/mol. The molecule has 0 saturated carbocycles. The van der Waals surface area contributed by atoms with Crippen molar-refractivity contribution < 1.29 is 29.2 Å². The number of likely N-dealkylation sites (tertiary alicyclic amines) is 1. The van der Waals surface area contributed by atoms with Crippen molar-refractivity contribution in [2.45, 2.75) is 76.4 Å². The Bertz CT molecular complexity index is 1130. The number of aliphatic carboxylic acids is 1. The molecule has 4 rings (SSSR count). The highest BCUT2D eigenvalue weighted by molar-refractivity contribution is 5.67. The number of hydrogen-bond acceptors (Lipinski definition) is 6. The third kappa shape index (κ3) is 8.22. The highest BCUT2D eigenvalue weighted by atomic mass is 16.6. The molecule has 1 aliphatic rings. The van der Waals surface area contributed by atoms with Crippen LogP contribution in [0.2, 0.25) is 0 Å². The first-order chi connectivity index (χ1) is 19.6. The lowest BCUT2D eigenvalue weighted by atomic mass is 9.85. The number of aliphatic hydroxyl groups is 1. The zero-order chi connectivity index (χ0) is 28.2. The minimum Gasteiger partial charge on any atom is -0.481 e. The first kappa shape index (κ1) is 29.9. The van der Waals surface area contributed by atoms with Gasteiger partial charge in [0.1, 0.15) is 18.3 Å². The third-order valence-electron chi connectivity index (χ3n) is 7.45. The van der Waals surface area contributed by atoms with E-state index in [-0.39, 0.29) is 13.0 Å². The van der Waals surface area contributed by atoms with Gasteiger partial charge in [0.15, 0.2) is 0 Å². The Morgan fingerprint density at radius 2 is 1.12 bits per heavy atom. The highest BCUT2D eigenvalue weighted by Crippen LogP contribution is 2.34. The number of carboxylic acids is 1. The van der Waals surface area contributed by atoms with Gasteiger partial charge < -0.3 is 24.4 Å². The SMILES string of the molecule is CCCCN1[C@H](CC(=O)O)[C@H](OCc2ccccc2)[C@@H](OCc2ccccc2)[C@H](OCc2ccccc2)[C@H]1CO. The van der Waals surface area contributed by atoms with Crippen molar-refractivity contribution in [3.05, 3.63) is 108 Å². The first-order valence-electron chi connectivity index (χ1n) is 14.2. The van der Waals surface area contributed by atoms with E-state index in [0.29, 0.717) is 26.4 Å². The van der Waals surface area contributed by atoms with Crippen LogP contribution in [0.25, 0.3) is 0 Å². The molecular weight excluding hydrogens is 506 g/mol. The summed E-state index contributed by atoms with van der Waals surface area (Å²) in [5, 5.41) is 20.7. The predicted molar refractivity (Wildman–Crippen MR) is 154 cm³/mol. The number of unbranched alkanes of at least 4 members (excludes halogenated alkanes) is 1. The topological polar surface area (TPSA) is 88.5 Å². The monoisotopic (exact) mass is 547 g/mol. The van der Waals surface area contributed by atoms with Crippen LogP contribution < -0.4 is 0 Å². The zero-order valence-corrected chi connectivity index (χ0v) is 23.2. The minimum atomic E-state index is -0.915. The van der Waals surface area contributed by atoms with E-state index >= 15 is 0 Å². The van der Waals surface area contributed by atoms with E-state index in [0.717, 1.165) is 29.5 Å². The zero-order valence-electron chi connectivity index (χ0n) is 23.2. The summed E-state index contributed by atoms with van der Waals surface area (Å²) in [6.07, 6.45) is -0.0769. The Hall–Kier alpha value is -3.07. The molecule has 3 aromatic rings. The summed E-state index contributed by atoms with van der Waals surface area (Å²) in [7, 11) is 0. The summed E-state index contributed by atoms with van der Waals surface area (Å²) in [5.41, 5.74) is 3.00. The lowest BCUT2D eigenvalue weighted by Crippen LogP contribution is -2.69. The molecular formula is C33H41NO6. The van der Waals surface area contributed by atoms with E-state index < -0.39 is 36.4 Å². The van der Waals surface area contributed by atoms with Crippen molar-refractivity contribution in [3.8, 4) is 0 Å². The fourth-order valence-corrected chi connectivity index (χ4v) is 5.44. The summed E-state index contributed by atoms with van der Waals surface area (Å²) in [5.74, 6) is -0.915. The Morgan fingerprint density at radius 1 is 0.700 bits per heavy atom. The van der Waals surface area contributed by atoms with Crippen molar-refractivity contribution in [1.82, 2.24) is 4.90 Å². The van der Waals surface area contributed by atoms with E-state index in [1.807, 2.05) is 91.0 Å². The van der Waals surface area contributed by atoms with Gasteiger partial charge in [-0.15, -0.1) is 0 Å². The van der Waals surface area contributed by atoms with Crippen molar-refractivity contribution in [3.63, 3.8) is 0 Å². The van der Waals surface area contributed by atoms with Gasteiger partial charge in [0.25, 0.3) is 0 Å². The Morgan fingerprint density at radius 3 is 1.52 bits per heavy atom. The first-order valence-corrected chi connectivity index (χ1v) is 14.2. The number of carboxylic acid groups (broad SMARTS) is 1. The molecule has 0 bridgehead atoms. The quantitative estimate of drug-likeness (QED) is 0.275. The maximum absolute atomic E-state index is 12.2. The lowest BCUT2D eigenvalue weighted by molar-refractivity contribution is -0.228. The molecule has 40 heavy (non-hydrogen) atoms. The van der Waals surface area contributed by atoms with Gasteiger partial charge in [-0.1, -0.05) is 104 Å². The second-order valence-electron chi connectivity index (χ2n) is 10.3. The van der Waals surface area contributed by atoms with Gasteiger partial charge >= 0.3 is 5.97 Å². The largest absolute Gasteiger partial charge is 0.481 e. The van der Waals surface area contributed by atoms with Crippen molar-refractivity contribution in [2.24, 2.45) is 0 Å². The van der Waals surface area contributed by atoms with Crippen LogP contribution in [-0.2, 0) is 38.8 Å². The Kier molecular flexibility index (Phi) is 11.7. The minimum absolute atomic E-state index is 0.129. The van der Waals surface area contributed by atoms with E-state index in [9.17, 15) is 15.0 Å². The fourth-order valence-electron chi connectivity index (χ4n) is 5.44. The molecule has 0 unspecified atom stereocenters. The van der Waals surface area contributed by atoms with Crippen LogP contribution in [0.3, 0.4) is 0 Å². The van der Waals surface area contributed by atoms with Crippen LogP contribution >= 0.6 is 0 Å². The van der Waals surface area contributed by atoms with Crippen molar-refractivity contribution in [1.29, 1.82) is 0 Å². The molecule has 7 heteroatoms. The molecule has 1 heterocycles. The van der Waals surface area contributed by atoms with Crippen LogP contribution in [0, 0.1) is 0 Å². The molecule has 214 valence electrons. The molecule has 7 nitrogen and oxygen atoms in total. The summed E-state index contributed by atoms with van der Waals surface area (Å²) in [4.78, 5) is 14.3. The fraction of sp³-hybridized carbons (Fsp3) is 0.424. The van der Waals surface area contributed by atoms with Crippen LogP contribution in [0.4, 0.5) is 0 Å². The molecule has 0 spiro atoms. The van der Waals surface area contributed by atoms with Gasteiger partial charge in [0.2, 0.25) is 0 Å². The van der Waals surface area contributed by atoms with Gasteiger partial charge in [-0.3, -0.25) is 9.69 Å². The smallest absolute Gasteiger partial charge is 0.305 e. The lowest BCUT2D eigenvalue weighted by Gasteiger charge is -2.52. The number of carbonyl (C=O) groups is 1. The Balaban J connectivity index is 1.70. The van der Waals surface area contributed by atoms with Crippen LogP contribution in [0.15, 0.2) is 91.0 Å². The van der Waals surface area contributed by atoms with E-state index in [4.69, 9.17) is 14.2 Å². The Labute approximate surface area is 237 Å². The number of hydrogen-bond donors (Lipinski definition) is 2. The third-order valence-corrected chi connectivity index (χ3v) is 7.45. The normalized spacial score (nSPS) is 23.2. The van der Waals surface area contributed by atoms with Crippen molar-refractivity contribution in [2.75, 3.05) is 13.2 Å². The molecule has 1 saturated heterocycles. The number of benzene rings is 3. The summed E-state index contributed by atoms with van der Waals surface area (Å²) >= 11 is 0. The number of nitrogens with zero attached hydrogens (tertiary/aromatic N) is 1. The molecule has 0 aliphatic carbocycles. The van der Waals surface area contributed by atoms with Gasteiger partial charge in [-0.2, -0.15) is 0 Å². The van der Waals surface area contributed by atoms with Crippen LogP contribution in [-0.4, -0.2) is 64.6 Å². The summed E-state index contributed by atoms with van der Waals surface area (Å²) in [6, 6.07) is 28.7. The van der Waals surface area contributed by atoms with E-state index in [2.05, 4.69) is 11.8 Å². The summed E-state index contributed by atoms with van der Waals surface area (Å²) < 4.78 is 19.7. The second kappa shape index (κ2) is 15.6. The van der Waals surface area contributed by atoms with Crippen LogP contribution in [0.1, 0.15) is 42.9 Å². The van der Waals surface area contributed by atoms with Gasteiger partial charge in [-0.25, -0.2) is 0 Å². The molecule has 0 amide bonds. The maximum atomic E-state index is 12.2. The molecule has 1 aliphatic heterocycles. The van der Waals surface area contributed by atoms with Crippen LogP contribution in [0.5, 0.6) is 0 Å². The maximum Gasteiger partial charge on any atom is 0.305 e. The van der Waals surface area contributed by atoms with E-state index in [1.165, 1.54) is 0 Å². The molecule has 0 radical (unpaired) electrons. The molecule has 1 fully saturated rings. The highest BCUT2D eigenvalue weighted by Gasteiger charge is 2.51. The number of piperidine rings is 1. The van der Waals surface area contributed by atoms with Gasteiger partial charge in [0, 0.05) is 6.04 Å². The molecule has 2 N–H and O–H groups in total. The van der Waals surface area contributed by atoms with Gasteiger partial charge in [0.05, 0.1) is 38.9 Å². The van der Waals surface area contributed by atoms with Gasteiger partial charge in [-0.05, 0) is 29.7 Å². The van der Waals surface area contributed by atoms with E-state index in [1.54, 1.807) is 0 Å². The van der Waals surface area contributed by atoms with Crippen molar-refractivity contribution >= 4 is 5.97 Å². The molecule has 5 atom stereocenters.